The second kappa shape index (κ2) is 5.13. The topological polar surface area (TPSA) is 40.9 Å². The average Bonchev–Trinajstić information content (AvgIpc) is 2.25. The van der Waals surface area contributed by atoms with Gasteiger partial charge in [0.1, 0.15) is 0 Å². The van der Waals surface area contributed by atoms with Gasteiger partial charge < -0.3 is 5.41 Å². The van der Waals surface area contributed by atoms with Crippen LogP contribution >= 0.6 is 0 Å². The Balaban J connectivity index is 3.27. The largest absolute Gasteiger partial charge is 0.304 e. The summed E-state index contributed by atoms with van der Waals surface area (Å²) in [5.74, 6) is 0.146. The number of hydrogen-bond acceptors (Lipinski definition) is 2. The van der Waals surface area contributed by atoms with E-state index in [0.717, 1.165) is 10.5 Å². The molecular formula is C14H21NOS. The third kappa shape index (κ3) is 3.25. The molecule has 0 saturated carbocycles. The minimum atomic E-state index is -1.09. The van der Waals surface area contributed by atoms with Crippen LogP contribution in [0.25, 0.3) is 0 Å². The third-order valence-corrected chi connectivity index (χ3v) is 4.38. The Morgan fingerprint density at radius 2 is 1.76 bits per heavy atom. The predicted molar refractivity (Wildman–Crippen MR) is 74.3 cm³/mol. The Hall–Kier alpha value is -0.960. The molecule has 0 saturated heterocycles. The van der Waals surface area contributed by atoms with Crippen molar-refractivity contribution in [3.05, 3.63) is 29.8 Å². The van der Waals surface area contributed by atoms with E-state index in [1.807, 2.05) is 58.9 Å². The summed E-state index contributed by atoms with van der Waals surface area (Å²) >= 11 is 0. The first-order valence-corrected chi connectivity index (χ1v) is 7.00. The van der Waals surface area contributed by atoms with Crippen molar-refractivity contribution in [3.8, 4) is 0 Å². The first kappa shape index (κ1) is 14.1. The Morgan fingerprint density at radius 1 is 1.24 bits per heavy atom. The molecule has 1 unspecified atom stereocenters. The molecule has 1 aromatic rings. The van der Waals surface area contributed by atoms with Crippen LogP contribution in [-0.2, 0) is 10.8 Å². The summed E-state index contributed by atoms with van der Waals surface area (Å²) in [5, 5.41) is 8.09. The van der Waals surface area contributed by atoms with Crippen LogP contribution in [0.4, 0.5) is 0 Å². The minimum absolute atomic E-state index is 0.146. The number of hydrogen-bond donors (Lipinski definition) is 1. The third-order valence-electron chi connectivity index (χ3n) is 2.51. The van der Waals surface area contributed by atoms with Gasteiger partial charge in [-0.25, -0.2) is 0 Å². The van der Waals surface area contributed by atoms with E-state index in [9.17, 15) is 4.21 Å². The lowest BCUT2D eigenvalue weighted by Crippen LogP contribution is -2.24. The van der Waals surface area contributed by atoms with E-state index in [2.05, 4.69) is 0 Å². The second-order valence-corrected chi connectivity index (χ2v) is 7.65. The molecule has 0 aliphatic carbocycles. The molecule has 0 spiro atoms. The van der Waals surface area contributed by atoms with Crippen LogP contribution in [0.2, 0.25) is 0 Å². The average molecular weight is 251 g/mol. The van der Waals surface area contributed by atoms with Gasteiger partial charge in [-0.2, -0.15) is 0 Å². The van der Waals surface area contributed by atoms with E-state index in [-0.39, 0.29) is 10.7 Å². The molecule has 0 fully saturated rings. The summed E-state index contributed by atoms with van der Waals surface area (Å²) in [6.45, 7) is 9.84. The molecular weight excluding hydrogens is 230 g/mol. The monoisotopic (exact) mass is 251 g/mol. The van der Waals surface area contributed by atoms with Crippen LogP contribution in [0.5, 0.6) is 0 Å². The first-order valence-electron chi connectivity index (χ1n) is 5.85. The zero-order chi connectivity index (χ0) is 13.2. The number of benzene rings is 1. The van der Waals surface area contributed by atoms with Gasteiger partial charge in [0, 0.05) is 20.9 Å². The predicted octanol–water partition coefficient (Wildman–Crippen LogP) is 3.62. The smallest absolute Gasteiger partial charge is 0.0590 e. The lowest BCUT2D eigenvalue weighted by atomic mass is 10.0. The van der Waals surface area contributed by atoms with Crippen molar-refractivity contribution in [3.63, 3.8) is 0 Å². The van der Waals surface area contributed by atoms with Crippen molar-refractivity contribution in [1.82, 2.24) is 0 Å². The van der Waals surface area contributed by atoms with Gasteiger partial charge in [-0.1, -0.05) is 32.0 Å². The Labute approximate surface area is 106 Å². The Kier molecular flexibility index (Phi) is 4.26. The van der Waals surface area contributed by atoms with Crippen LogP contribution in [-0.4, -0.2) is 14.7 Å². The molecule has 0 aromatic heterocycles. The molecule has 3 heteroatoms. The maximum atomic E-state index is 12.4. The van der Waals surface area contributed by atoms with Crippen molar-refractivity contribution in [2.45, 2.75) is 44.3 Å². The Bertz CT molecular complexity index is 444. The number of nitrogens with one attached hydrogen (secondary N) is 1. The maximum absolute atomic E-state index is 12.4. The van der Waals surface area contributed by atoms with Gasteiger partial charge in [-0.3, -0.25) is 4.21 Å². The summed E-state index contributed by atoms with van der Waals surface area (Å²) in [4.78, 5) is 0.777. The van der Waals surface area contributed by atoms with E-state index in [1.165, 1.54) is 0 Å². The molecule has 0 bridgehead atoms. The minimum Gasteiger partial charge on any atom is -0.304 e. The highest BCUT2D eigenvalue weighted by atomic mass is 32.2. The van der Waals surface area contributed by atoms with Gasteiger partial charge in [-0.05, 0) is 32.8 Å². The molecule has 1 rings (SSSR count). The molecule has 2 nitrogen and oxygen atoms in total. The molecule has 0 aliphatic heterocycles. The highest BCUT2D eigenvalue weighted by molar-refractivity contribution is 7.86. The first-order chi connectivity index (χ1) is 7.75. The van der Waals surface area contributed by atoms with Crippen LogP contribution in [0, 0.1) is 11.3 Å². The molecule has 0 amide bonds. The van der Waals surface area contributed by atoms with Crippen molar-refractivity contribution in [2.75, 3.05) is 0 Å². The van der Waals surface area contributed by atoms with Gasteiger partial charge in [0.15, 0.2) is 0 Å². The highest BCUT2D eigenvalue weighted by Gasteiger charge is 2.24. The molecule has 0 heterocycles. The summed E-state index contributed by atoms with van der Waals surface area (Å²) in [7, 11) is -1.09. The van der Waals surface area contributed by atoms with Crippen LogP contribution in [0.1, 0.15) is 40.2 Å². The van der Waals surface area contributed by atoms with Crippen molar-refractivity contribution in [1.29, 1.82) is 5.41 Å². The van der Waals surface area contributed by atoms with Crippen molar-refractivity contribution in [2.24, 2.45) is 5.92 Å². The van der Waals surface area contributed by atoms with Gasteiger partial charge in [0.2, 0.25) is 0 Å². The SMILES string of the molecule is CC(C)C(=N)c1ccccc1S(=O)C(C)(C)C. The molecule has 0 radical (unpaired) electrons. The molecule has 1 N–H and O–H groups in total. The summed E-state index contributed by atoms with van der Waals surface area (Å²) in [6, 6.07) is 7.54. The van der Waals surface area contributed by atoms with Gasteiger partial charge in [-0.15, -0.1) is 0 Å². The zero-order valence-electron chi connectivity index (χ0n) is 11.2. The van der Waals surface area contributed by atoms with Crippen LogP contribution < -0.4 is 0 Å². The van der Waals surface area contributed by atoms with Gasteiger partial charge >= 0.3 is 0 Å². The van der Waals surface area contributed by atoms with Crippen LogP contribution in [0.15, 0.2) is 29.2 Å². The Morgan fingerprint density at radius 3 is 2.24 bits per heavy atom. The van der Waals surface area contributed by atoms with E-state index < -0.39 is 10.8 Å². The normalized spacial score (nSPS) is 13.8. The summed E-state index contributed by atoms with van der Waals surface area (Å²) in [6.07, 6.45) is 0. The second-order valence-electron chi connectivity index (χ2n) is 5.45. The van der Waals surface area contributed by atoms with Gasteiger partial charge in [0.25, 0.3) is 0 Å². The fraction of sp³-hybridized carbons (Fsp3) is 0.500. The lowest BCUT2D eigenvalue weighted by molar-refractivity contribution is 0.648. The maximum Gasteiger partial charge on any atom is 0.0590 e. The van der Waals surface area contributed by atoms with E-state index in [1.54, 1.807) is 0 Å². The fourth-order valence-electron chi connectivity index (χ4n) is 1.49. The summed E-state index contributed by atoms with van der Waals surface area (Å²) in [5.41, 5.74) is 1.37. The zero-order valence-corrected chi connectivity index (χ0v) is 12.0. The van der Waals surface area contributed by atoms with E-state index in [0.29, 0.717) is 5.71 Å². The van der Waals surface area contributed by atoms with E-state index in [4.69, 9.17) is 5.41 Å². The van der Waals surface area contributed by atoms with Gasteiger partial charge in [0.05, 0.1) is 10.8 Å². The lowest BCUT2D eigenvalue weighted by Gasteiger charge is -2.21. The number of rotatable bonds is 3. The molecule has 0 aliphatic rings. The standard InChI is InChI=1S/C14H21NOS/c1-10(2)13(15)11-8-6-7-9-12(11)17(16)14(3,4)5/h6-10,15H,1-5H3. The summed E-state index contributed by atoms with van der Waals surface area (Å²) < 4.78 is 12.1. The molecule has 1 aromatic carbocycles. The molecule has 94 valence electrons. The molecule has 1 atom stereocenters. The molecule has 17 heavy (non-hydrogen) atoms. The van der Waals surface area contributed by atoms with Crippen LogP contribution in [0.3, 0.4) is 0 Å². The van der Waals surface area contributed by atoms with Crippen molar-refractivity contribution < 1.29 is 4.21 Å². The van der Waals surface area contributed by atoms with E-state index >= 15 is 0 Å². The fourth-order valence-corrected chi connectivity index (χ4v) is 2.73. The highest BCUT2D eigenvalue weighted by Crippen LogP contribution is 2.25. The quantitative estimate of drug-likeness (QED) is 0.819. The van der Waals surface area contributed by atoms with Crippen molar-refractivity contribution >= 4 is 16.5 Å².